The highest BCUT2D eigenvalue weighted by atomic mass is 32.2. The molecule has 0 spiro atoms. The Morgan fingerprint density at radius 3 is 1.94 bits per heavy atom. The molecule has 0 rings (SSSR count). The lowest BCUT2D eigenvalue weighted by atomic mass is 10.1. The first-order valence-corrected chi connectivity index (χ1v) is 8.48. The summed E-state index contributed by atoms with van der Waals surface area (Å²) in [6, 6.07) is 0. The van der Waals surface area contributed by atoms with E-state index in [-0.39, 0.29) is 11.2 Å². The molecule has 18 heavy (non-hydrogen) atoms. The summed E-state index contributed by atoms with van der Waals surface area (Å²) in [5.74, 6) is 0.556. The summed E-state index contributed by atoms with van der Waals surface area (Å²) in [5.41, 5.74) is 0. The predicted octanol–water partition coefficient (Wildman–Crippen LogP) is 4.97. The van der Waals surface area contributed by atoms with Crippen molar-refractivity contribution in [2.75, 3.05) is 5.75 Å². The minimum Gasteiger partial charge on any atom is -0.480 e. The van der Waals surface area contributed by atoms with E-state index in [2.05, 4.69) is 6.92 Å². The van der Waals surface area contributed by atoms with Crippen LogP contribution in [0, 0.1) is 5.92 Å². The van der Waals surface area contributed by atoms with E-state index in [1.54, 1.807) is 11.8 Å². The molecule has 0 aliphatic heterocycles. The largest absolute Gasteiger partial charge is 0.480 e. The van der Waals surface area contributed by atoms with Crippen LogP contribution in [0.3, 0.4) is 0 Å². The van der Waals surface area contributed by atoms with Crippen molar-refractivity contribution in [3.63, 3.8) is 0 Å². The summed E-state index contributed by atoms with van der Waals surface area (Å²) in [5, 5.41) is 8.82. The molecule has 0 heterocycles. The third kappa shape index (κ3) is 9.81. The molecule has 0 radical (unpaired) electrons. The van der Waals surface area contributed by atoms with Crippen LogP contribution in [0.2, 0.25) is 0 Å². The fourth-order valence-electron chi connectivity index (χ4n) is 2.00. The molecule has 108 valence electrons. The van der Waals surface area contributed by atoms with Gasteiger partial charge < -0.3 is 5.11 Å². The number of aliphatic carboxylic acids is 1. The molecule has 0 saturated carbocycles. The van der Waals surface area contributed by atoms with Gasteiger partial charge in [0.25, 0.3) is 0 Å². The van der Waals surface area contributed by atoms with E-state index in [1.165, 1.54) is 44.9 Å². The monoisotopic (exact) mass is 274 g/mol. The Kier molecular flexibility index (Phi) is 11.8. The van der Waals surface area contributed by atoms with Gasteiger partial charge in [-0.1, -0.05) is 65.7 Å². The standard InChI is InChI=1S/C15H30O2S/c1-4-5-6-7-8-9-10-11-12-18-14(13(2)3)15(16)17/h13-14H,4-12H2,1-3H3,(H,16,17). The van der Waals surface area contributed by atoms with Gasteiger partial charge in [0.15, 0.2) is 0 Å². The minimum atomic E-state index is -0.658. The molecule has 0 bridgehead atoms. The molecule has 0 aromatic carbocycles. The third-order valence-electron chi connectivity index (χ3n) is 3.14. The van der Waals surface area contributed by atoms with Crippen LogP contribution in [0.1, 0.15) is 72.1 Å². The Balaban J connectivity index is 3.36. The number of carboxylic acid groups (broad SMARTS) is 1. The Bertz CT molecular complexity index is 205. The van der Waals surface area contributed by atoms with Crippen LogP contribution in [0.15, 0.2) is 0 Å². The molecule has 0 fully saturated rings. The van der Waals surface area contributed by atoms with Crippen molar-refractivity contribution < 1.29 is 9.90 Å². The van der Waals surface area contributed by atoms with Crippen molar-refractivity contribution in [2.45, 2.75) is 77.4 Å². The summed E-state index contributed by atoms with van der Waals surface area (Å²) in [4.78, 5) is 11.0. The summed E-state index contributed by atoms with van der Waals surface area (Å²) >= 11 is 1.61. The molecule has 1 unspecified atom stereocenters. The first-order valence-electron chi connectivity index (χ1n) is 7.44. The molecular weight excluding hydrogens is 244 g/mol. The number of carbonyl (C=O) groups is 1. The topological polar surface area (TPSA) is 37.3 Å². The first-order chi connectivity index (χ1) is 8.59. The second-order valence-corrected chi connectivity index (χ2v) is 6.60. The normalized spacial score (nSPS) is 12.9. The van der Waals surface area contributed by atoms with Crippen LogP contribution in [0.4, 0.5) is 0 Å². The van der Waals surface area contributed by atoms with Crippen molar-refractivity contribution in [1.29, 1.82) is 0 Å². The zero-order chi connectivity index (χ0) is 13.8. The Hall–Kier alpha value is -0.180. The molecule has 1 N–H and O–H groups in total. The van der Waals surface area contributed by atoms with E-state index in [1.807, 2.05) is 13.8 Å². The third-order valence-corrected chi connectivity index (χ3v) is 4.77. The predicted molar refractivity (Wildman–Crippen MR) is 81.3 cm³/mol. The van der Waals surface area contributed by atoms with Gasteiger partial charge in [-0.2, -0.15) is 0 Å². The Labute approximate surface area is 117 Å². The van der Waals surface area contributed by atoms with Crippen molar-refractivity contribution in [1.82, 2.24) is 0 Å². The van der Waals surface area contributed by atoms with E-state index in [0.29, 0.717) is 0 Å². The van der Waals surface area contributed by atoms with Crippen molar-refractivity contribution in [2.24, 2.45) is 5.92 Å². The van der Waals surface area contributed by atoms with Gasteiger partial charge in [0.05, 0.1) is 0 Å². The maximum atomic E-state index is 11.0. The lowest BCUT2D eigenvalue weighted by Crippen LogP contribution is -2.22. The molecule has 2 nitrogen and oxygen atoms in total. The summed E-state index contributed by atoms with van der Waals surface area (Å²) < 4.78 is 0. The molecular formula is C15H30O2S. The van der Waals surface area contributed by atoms with Crippen molar-refractivity contribution in [3.8, 4) is 0 Å². The average molecular weight is 274 g/mol. The van der Waals surface area contributed by atoms with Gasteiger partial charge in [-0.3, -0.25) is 4.79 Å². The minimum absolute atomic E-state index is 0.224. The van der Waals surface area contributed by atoms with Gasteiger partial charge in [-0.05, 0) is 18.1 Å². The van der Waals surface area contributed by atoms with Crippen molar-refractivity contribution in [3.05, 3.63) is 0 Å². The summed E-state index contributed by atoms with van der Waals surface area (Å²) in [6.07, 6.45) is 10.5. The molecule has 3 heteroatoms. The fourth-order valence-corrected chi connectivity index (χ4v) is 3.15. The van der Waals surface area contributed by atoms with Gasteiger partial charge >= 0.3 is 5.97 Å². The smallest absolute Gasteiger partial charge is 0.316 e. The van der Waals surface area contributed by atoms with Crippen LogP contribution in [0.5, 0.6) is 0 Å². The first kappa shape index (κ1) is 17.8. The summed E-state index contributed by atoms with van der Waals surface area (Å²) in [6.45, 7) is 6.21. The maximum absolute atomic E-state index is 11.0. The summed E-state index contributed by atoms with van der Waals surface area (Å²) in [7, 11) is 0. The van der Waals surface area contributed by atoms with Gasteiger partial charge in [0.2, 0.25) is 0 Å². The lowest BCUT2D eigenvalue weighted by Gasteiger charge is -2.15. The van der Waals surface area contributed by atoms with E-state index < -0.39 is 5.97 Å². The van der Waals surface area contributed by atoms with E-state index in [9.17, 15) is 4.79 Å². The second-order valence-electron chi connectivity index (χ2n) is 5.35. The molecule has 0 aromatic rings. The maximum Gasteiger partial charge on any atom is 0.316 e. The second kappa shape index (κ2) is 11.9. The highest BCUT2D eigenvalue weighted by Crippen LogP contribution is 2.21. The van der Waals surface area contributed by atoms with Crippen molar-refractivity contribution >= 4 is 17.7 Å². The Morgan fingerprint density at radius 1 is 1.00 bits per heavy atom. The van der Waals surface area contributed by atoms with Crippen LogP contribution < -0.4 is 0 Å². The van der Waals surface area contributed by atoms with E-state index >= 15 is 0 Å². The zero-order valence-electron chi connectivity index (χ0n) is 12.3. The fraction of sp³-hybridized carbons (Fsp3) is 0.933. The number of thioether (sulfide) groups is 1. The van der Waals surface area contributed by atoms with Gasteiger partial charge in [-0.15, -0.1) is 11.8 Å². The van der Waals surface area contributed by atoms with Crippen LogP contribution in [-0.2, 0) is 4.79 Å². The molecule has 0 aliphatic carbocycles. The number of hydrogen-bond acceptors (Lipinski definition) is 2. The highest BCUT2D eigenvalue weighted by Gasteiger charge is 2.21. The van der Waals surface area contributed by atoms with E-state index in [0.717, 1.165) is 12.2 Å². The number of unbranched alkanes of at least 4 members (excludes halogenated alkanes) is 7. The van der Waals surface area contributed by atoms with Gasteiger partial charge in [0, 0.05) is 0 Å². The number of hydrogen-bond donors (Lipinski definition) is 1. The zero-order valence-corrected chi connectivity index (χ0v) is 13.1. The number of carboxylic acids is 1. The SMILES string of the molecule is CCCCCCCCCCSC(C(=O)O)C(C)C. The molecule has 0 aliphatic rings. The lowest BCUT2D eigenvalue weighted by molar-refractivity contribution is -0.137. The molecule has 0 aromatic heterocycles. The van der Waals surface area contributed by atoms with Crippen LogP contribution >= 0.6 is 11.8 Å². The highest BCUT2D eigenvalue weighted by molar-refractivity contribution is 8.00. The van der Waals surface area contributed by atoms with Crippen LogP contribution in [0.25, 0.3) is 0 Å². The van der Waals surface area contributed by atoms with Crippen LogP contribution in [-0.4, -0.2) is 22.1 Å². The van der Waals surface area contributed by atoms with E-state index in [4.69, 9.17) is 5.11 Å². The number of rotatable bonds is 12. The molecule has 1 atom stereocenters. The molecule has 0 amide bonds. The molecule has 0 saturated heterocycles. The van der Waals surface area contributed by atoms with Gasteiger partial charge in [-0.25, -0.2) is 0 Å². The average Bonchev–Trinajstić information content (AvgIpc) is 2.30. The Morgan fingerprint density at radius 2 is 1.50 bits per heavy atom. The quantitative estimate of drug-likeness (QED) is 0.510. The van der Waals surface area contributed by atoms with Gasteiger partial charge in [0.1, 0.15) is 5.25 Å².